The quantitative estimate of drug-likeness (QED) is 0.567. The highest BCUT2D eigenvalue weighted by atomic mass is 32.1. The van der Waals surface area contributed by atoms with E-state index in [9.17, 15) is 4.79 Å². The molecule has 4 rings (SSSR count). The van der Waals surface area contributed by atoms with Crippen LogP contribution >= 0.6 is 11.3 Å². The van der Waals surface area contributed by atoms with E-state index in [1.165, 1.54) is 4.70 Å². The average Bonchev–Trinajstić information content (AvgIpc) is 3.18. The van der Waals surface area contributed by atoms with Gasteiger partial charge in [0.15, 0.2) is 0 Å². The van der Waals surface area contributed by atoms with Gasteiger partial charge in [0.25, 0.3) is 0 Å². The monoisotopic (exact) mass is 424 g/mol. The van der Waals surface area contributed by atoms with Crippen molar-refractivity contribution in [2.75, 3.05) is 20.2 Å². The summed E-state index contributed by atoms with van der Waals surface area (Å²) in [6, 6.07) is 8.20. The van der Waals surface area contributed by atoms with E-state index < -0.39 is 0 Å². The molecule has 1 amide bonds. The molecule has 0 bridgehead atoms. The van der Waals surface area contributed by atoms with Crippen molar-refractivity contribution in [1.29, 1.82) is 0 Å². The molecule has 0 aliphatic carbocycles. The molecule has 0 saturated carbocycles. The fourth-order valence-corrected chi connectivity index (χ4v) is 5.12. The van der Waals surface area contributed by atoms with E-state index in [1.807, 2.05) is 36.2 Å². The molecule has 0 radical (unpaired) electrons. The molecule has 2 aromatic heterocycles. The average molecular weight is 425 g/mol. The van der Waals surface area contributed by atoms with Crippen molar-refractivity contribution < 1.29 is 9.53 Å². The lowest BCUT2D eigenvalue weighted by Crippen LogP contribution is -2.38. The third kappa shape index (κ3) is 4.84. The van der Waals surface area contributed by atoms with Crippen molar-refractivity contribution in [2.45, 2.75) is 51.6 Å². The first-order valence-corrected chi connectivity index (χ1v) is 11.4. The minimum Gasteiger partial charge on any atom is -0.380 e. The number of fused-ring (bicyclic) bond motifs is 1. The second-order valence-electron chi connectivity index (χ2n) is 7.84. The predicted molar refractivity (Wildman–Crippen MR) is 119 cm³/mol. The Bertz CT molecular complexity index is 978. The van der Waals surface area contributed by atoms with Crippen molar-refractivity contribution in [3.8, 4) is 0 Å². The molecule has 0 N–H and O–H groups in total. The van der Waals surface area contributed by atoms with Crippen LogP contribution in [0.2, 0.25) is 0 Å². The molecular weight excluding hydrogens is 396 g/mol. The Labute approximate surface area is 181 Å². The summed E-state index contributed by atoms with van der Waals surface area (Å²) in [5.74, 6) is 1.41. The molecule has 30 heavy (non-hydrogen) atoms. The van der Waals surface area contributed by atoms with Gasteiger partial charge in [-0.05, 0) is 44.7 Å². The number of rotatable bonds is 7. The number of nitrogens with zero attached hydrogens (tertiary/aromatic N) is 4. The number of hydrogen-bond acceptors (Lipinski definition) is 6. The maximum atomic E-state index is 12.7. The number of amides is 1. The molecule has 0 atom stereocenters. The molecule has 1 fully saturated rings. The number of para-hydroxylation sites is 1. The maximum absolute atomic E-state index is 12.7. The number of aryl methyl sites for hydroxylation is 2. The summed E-state index contributed by atoms with van der Waals surface area (Å²) in [6.45, 7) is 4.03. The number of hydrogen-bond donors (Lipinski definition) is 0. The van der Waals surface area contributed by atoms with Crippen molar-refractivity contribution in [3.05, 3.63) is 52.6 Å². The number of aromatic nitrogens is 3. The van der Waals surface area contributed by atoms with Crippen LogP contribution in [0.15, 0.2) is 30.5 Å². The molecule has 1 aliphatic heterocycles. The summed E-state index contributed by atoms with van der Waals surface area (Å²) >= 11 is 1.73. The first-order chi connectivity index (χ1) is 14.6. The van der Waals surface area contributed by atoms with Crippen molar-refractivity contribution in [2.24, 2.45) is 0 Å². The number of piperidine rings is 1. The molecule has 6 nitrogen and oxygen atoms in total. The Morgan fingerprint density at radius 2 is 2.03 bits per heavy atom. The highest BCUT2D eigenvalue weighted by Gasteiger charge is 2.26. The van der Waals surface area contributed by atoms with Crippen LogP contribution in [-0.2, 0) is 22.6 Å². The first-order valence-electron chi connectivity index (χ1n) is 10.6. The molecule has 0 unspecified atom stereocenters. The van der Waals surface area contributed by atoms with Gasteiger partial charge in [-0.1, -0.05) is 12.1 Å². The molecule has 3 heterocycles. The van der Waals surface area contributed by atoms with Gasteiger partial charge in [-0.2, -0.15) is 0 Å². The van der Waals surface area contributed by atoms with Gasteiger partial charge in [0.2, 0.25) is 5.91 Å². The maximum Gasteiger partial charge on any atom is 0.222 e. The summed E-state index contributed by atoms with van der Waals surface area (Å²) in [5, 5.41) is 1.12. The lowest BCUT2D eigenvalue weighted by Gasteiger charge is -2.32. The highest BCUT2D eigenvalue weighted by molar-refractivity contribution is 7.18. The smallest absolute Gasteiger partial charge is 0.222 e. The number of carbonyl (C=O) groups excluding carboxylic acids is 1. The minimum absolute atomic E-state index is 0.255. The van der Waals surface area contributed by atoms with E-state index in [1.54, 1.807) is 18.4 Å². The number of likely N-dealkylation sites (tertiary alicyclic amines) is 1. The Balaban J connectivity index is 1.27. The molecule has 158 valence electrons. The van der Waals surface area contributed by atoms with Crippen molar-refractivity contribution in [1.82, 2.24) is 19.9 Å². The van der Waals surface area contributed by atoms with Gasteiger partial charge in [0, 0.05) is 44.3 Å². The van der Waals surface area contributed by atoms with Crippen LogP contribution in [0.5, 0.6) is 0 Å². The zero-order valence-electron chi connectivity index (χ0n) is 17.6. The van der Waals surface area contributed by atoms with Gasteiger partial charge in [0.05, 0.1) is 27.5 Å². The molecule has 1 saturated heterocycles. The third-order valence-corrected chi connectivity index (χ3v) is 6.77. The summed E-state index contributed by atoms with van der Waals surface area (Å²) in [7, 11) is 1.69. The summed E-state index contributed by atoms with van der Waals surface area (Å²) < 4.78 is 6.53. The van der Waals surface area contributed by atoms with Crippen LogP contribution in [0.3, 0.4) is 0 Å². The number of ether oxygens (including phenoxy) is 1. The van der Waals surface area contributed by atoms with E-state index in [0.717, 1.165) is 66.4 Å². The van der Waals surface area contributed by atoms with Crippen LogP contribution in [0.25, 0.3) is 10.2 Å². The van der Waals surface area contributed by atoms with Crippen molar-refractivity contribution >= 4 is 27.5 Å². The lowest BCUT2D eigenvalue weighted by molar-refractivity contribution is -0.132. The molecule has 1 aliphatic rings. The highest BCUT2D eigenvalue weighted by Crippen LogP contribution is 2.30. The fourth-order valence-electron chi connectivity index (χ4n) is 4.11. The standard InChI is InChI=1S/C23H28N4O2S/c1-16-24-14-18(15-29-2)23(25-16)17-10-12-27(13-11-17)22(28)9-5-8-21-26-19-6-3-4-7-20(19)30-21/h3-4,6-7,14,17H,5,8-13,15H2,1-2H3. The normalized spacial score (nSPS) is 15.1. The van der Waals surface area contributed by atoms with E-state index in [4.69, 9.17) is 4.74 Å². The van der Waals surface area contributed by atoms with E-state index in [2.05, 4.69) is 21.0 Å². The second-order valence-corrected chi connectivity index (χ2v) is 8.96. The van der Waals surface area contributed by atoms with Gasteiger partial charge >= 0.3 is 0 Å². The molecule has 1 aromatic carbocycles. The van der Waals surface area contributed by atoms with Gasteiger partial charge < -0.3 is 9.64 Å². The van der Waals surface area contributed by atoms with Crippen LogP contribution < -0.4 is 0 Å². The van der Waals surface area contributed by atoms with E-state index >= 15 is 0 Å². The first kappa shape index (κ1) is 20.9. The van der Waals surface area contributed by atoms with Gasteiger partial charge in [-0.15, -0.1) is 11.3 Å². The lowest BCUT2D eigenvalue weighted by atomic mass is 9.90. The largest absolute Gasteiger partial charge is 0.380 e. The Kier molecular flexibility index (Phi) is 6.69. The van der Waals surface area contributed by atoms with Crippen molar-refractivity contribution in [3.63, 3.8) is 0 Å². The molecule has 7 heteroatoms. The second kappa shape index (κ2) is 9.62. The molecular formula is C23H28N4O2S. The number of benzene rings is 1. The summed E-state index contributed by atoms with van der Waals surface area (Å²) in [5.41, 5.74) is 3.20. The Morgan fingerprint density at radius 3 is 2.80 bits per heavy atom. The third-order valence-electron chi connectivity index (χ3n) is 5.67. The van der Waals surface area contributed by atoms with Crippen LogP contribution in [0.4, 0.5) is 0 Å². The molecule has 3 aromatic rings. The van der Waals surface area contributed by atoms with Gasteiger partial charge in [-0.25, -0.2) is 15.0 Å². The van der Waals surface area contributed by atoms with E-state index in [0.29, 0.717) is 18.9 Å². The number of thiazole rings is 1. The van der Waals surface area contributed by atoms with Crippen LogP contribution in [0.1, 0.15) is 53.7 Å². The van der Waals surface area contributed by atoms with Crippen LogP contribution in [0, 0.1) is 6.92 Å². The molecule has 0 spiro atoms. The SMILES string of the molecule is COCc1cnc(C)nc1C1CCN(C(=O)CCCc2nc3ccccc3s2)CC1. The number of carbonyl (C=O) groups is 1. The van der Waals surface area contributed by atoms with E-state index in [-0.39, 0.29) is 5.91 Å². The van der Waals surface area contributed by atoms with Gasteiger partial charge in [-0.3, -0.25) is 4.79 Å². The number of methoxy groups -OCH3 is 1. The summed E-state index contributed by atoms with van der Waals surface area (Å²) in [6.07, 6.45) is 6.06. The fraction of sp³-hybridized carbons (Fsp3) is 0.478. The van der Waals surface area contributed by atoms with Gasteiger partial charge in [0.1, 0.15) is 5.82 Å². The summed E-state index contributed by atoms with van der Waals surface area (Å²) in [4.78, 5) is 28.4. The zero-order chi connectivity index (χ0) is 20.9. The van der Waals surface area contributed by atoms with Crippen LogP contribution in [-0.4, -0.2) is 46.0 Å². The zero-order valence-corrected chi connectivity index (χ0v) is 18.5. The minimum atomic E-state index is 0.255. The predicted octanol–water partition coefficient (Wildman–Crippen LogP) is 4.27. The topological polar surface area (TPSA) is 68.2 Å². The Hall–Kier alpha value is -2.38. The Morgan fingerprint density at radius 1 is 1.23 bits per heavy atom.